The van der Waals surface area contributed by atoms with Crippen LogP contribution in [0.25, 0.3) is 0 Å². The van der Waals surface area contributed by atoms with E-state index in [-0.39, 0.29) is 66.9 Å². The summed E-state index contributed by atoms with van der Waals surface area (Å²) in [5.41, 5.74) is 0. The number of Topliss-reactive ketones (excluding diaryl/α,β-unsaturated/α-hetero) is 2. The van der Waals surface area contributed by atoms with E-state index in [0.29, 0.717) is 77.5 Å². The molecule has 0 radical (unpaired) electrons. The van der Waals surface area contributed by atoms with Crippen molar-refractivity contribution in [2.24, 2.45) is 0 Å². The van der Waals surface area contributed by atoms with Gasteiger partial charge in [0.25, 0.3) is 0 Å². The van der Waals surface area contributed by atoms with Crippen LogP contribution in [0.2, 0.25) is 0 Å². The fourth-order valence-electron chi connectivity index (χ4n) is 5.20. The van der Waals surface area contributed by atoms with Crippen LogP contribution in [0.4, 0.5) is 0 Å². The Morgan fingerprint density at radius 2 is 0.788 bits per heavy atom. The van der Waals surface area contributed by atoms with E-state index in [4.69, 9.17) is 0 Å². The van der Waals surface area contributed by atoms with E-state index in [9.17, 15) is 38.4 Å². The van der Waals surface area contributed by atoms with Crippen molar-refractivity contribution in [1.82, 2.24) is 31.9 Å². The maximum absolute atomic E-state index is 13.0. The summed E-state index contributed by atoms with van der Waals surface area (Å²) >= 11 is 0. The number of carbonyl (C=O) groups is 8. The van der Waals surface area contributed by atoms with Crippen molar-refractivity contribution in [2.75, 3.05) is 32.7 Å². The third-order valence-electron chi connectivity index (χ3n) is 8.35. The van der Waals surface area contributed by atoms with Crippen LogP contribution in [0, 0.1) is 0 Å². The number of amides is 6. The van der Waals surface area contributed by atoms with Crippen LogP contribution in [0.15, 0.2) is 0 Å². The average molecular weight is 737 g/mol. The van der Waals surface area contributed by atoms with Gasteiger partial charge in [-0.25, -0.2) is 0 Å². The van der Waals surface area contributed by atoms with Gasteiger partial charge in [-0.05, 0) is 78.1 Å². The maximum atomic E-state index is 13.0. The summed E-state index contributed by atoms with van der Waals surface area (Å²) in [5, 5.41) is 16.6. The minimum atomic E-state index is -0.996. The minimum Gasteiger partial charge on any atom is -0.356 e. The van der Waals surface area contributed by atoms with Crippen LogP contribution >= 0.6 is 0 Å². The fraction of sp³-hybridized carbons (Fsp3) is 0.789. The van der Waals surface area contributed by atoms with Gasteiger partial charge in [0, 0.05) is 64.7 Å². The van der Waals surface area contributed by atoms with Crippen LogP contribution in [-0.2, 0) is 38.4 Å². The summed E-state index contributed by atoms with van der Waals surface area (Å²) in [5.74, 6) is -1.19. The zero-order valence-corrected chi connectivity index (χ0v) is 32.2. The Hall–Kier alpha value is -3.84. The number of carbonyl (C=O) groups excluding carboxylic acids is 8. The number of hydrogen-bond acceptors (Lipinski definition) is 8. The van der Waals surface area contributed by atoms with E-state index in [1.807, 2.05) is 6.92 Å². The molecule has 0 aliphatic rings. The first-order chi connectivity index (χ1) is 24.9. The molecule has 0 fully saturated rings. The molecule has 0 rings (SSSR count). The molecule has 6 amide bonds. The van der Waals surface area contributed by atoms with Crippen LogP contribution in [-0.4, -0.2) is 85.8 Å². The normalized spacial score (nSPS) is 11.2. The van der Waals surface area contributed by atoms with Gasteiger partial charge in [0.05, 0.1) is 6.54 Å². The van der Waals surface area contributed by atoms with Gasteiger partial charge >= 0.3 is 0 Å². The number of hydrogen-bond donors (Lipinski definition) is 6. The second-order valence-electron chi connectivity index (χ2n) is 13.5. The molecule has 0 spiro atoms. The van der Waals surface area contributed by atoms with Crippen molar-refractivity contribution in [2.45, 2.75) is 162 Å². The highest BCUT2D eigenvalue weighted by atomic mass is 16.2. The highest BCUT2D eigenvalue weighted by Crippen LogP contribution is 2.05. The Balaban J connectivity index is 4.50. The molecule has 6 N–H and O–H groups in total. The Labute approximate surface area is 311 Å². The summed E-state index contributed by atoms with van der Waals surface area (Å²) in [6, 6.07) is -0.996. The molecule has 0 aromatic carbocycles. The molecule has 14 nitrogen and oxygen atoms in total. The molecule has 14 heteroatoms. The highest BCUT2D eigenvalue weighted by molar-refractivity contribution is 5.91. The summed E-state index contributed by atoms with van der Waals surface area (Å²) in [6.07, 6.45) is 13.1. The highest BCUT2D eigenvalue weighted by Gasteiger charge is 2.22. The second-order valence-corrected chi connectivity index (χ2v) is 13.5. The molecule has 52 heavy (non-hydrogen) atoms. The van der Waals surface area contributed by atoms with Gasteiger partial charge in [0.15, 0.2) is 0 Å². The Bertz CT molecular complexity index is 1080. The van der Waals surface area contributed by atoms with Crippen molar-refractivity contribution >= 4 is 47.0 Å². The Morgan fingerprint density at radius 1 is 0.404 bits per heavy atom. The predicted octanol–water partition coefficient (Wildman–Crippen LogP) is 3.44. The molecule has 0 bridgehead atoms. The molecule has 298 valence electrons. The molecule has 0 heterocycles. The minimum absolute atomic E-state index is 0.00752. The van der Waals surface area contributed by atoms with Crippen LogP contribution in [0.1, 0.15) is 156 Å². The van der Waals surface area contributed by atoms with Crippen LogP contribution < -0.4 is 31.9 Å². The molecule has 1 unspecified atom stereocenters. The lowest BCUT2D eigenvalue weighted by Crippen LogP contribution is -2.49. The van der Waals surface area contributed by atoms with Gasteiger partial charge in [0.1, 0.15) is 17.6 Å². The largest absolute Gasteiger partial charge is 0.356 e. The van der Waals surface area contributed by atoms with Gasteiger partial charge < -0.3 is 41.5 Å². The third-order valence-corrected chi connectivity index (χ3v) is 8.35. The summed E-state index contributed by atoms with van der Waals surface area (Å²) in [6.45, 7) is 6.89. The lowest BCUT2D eigenvalue weighted by Gasteiger charge is -2.18. The van der Waals surface area contributed by atoms with E-state index >= 15 is 0 Å². The van der Waals surface area contributed by atoms with Gasteiger partial charge in [-0.15, -0.1) is 0 Å². The molecule has 0 aromatic heterocycles. The Morgan fingerprint density at radius 3 is 1.23 bits per heavy atom. The molecule has 0 saturated carbocycles. The number of nitrogens with one attached hydrogen (secondary N) is 6. The SMILES string of the molecule is CCCCC(=O)NCCCCCC(=O)NCCCCCC(=O)NC(CCC(=O)NCCCCCC(C)=O)C(=O)NCC(=O)NCCCCCC(C)=O. The van der Waals surface area contributed by atoms with Crippen molar-refractivity contribution in [3.05, 3.63) is 0 Å². The summed E-state index contributed by atoms with van der Waals surface area (Å²) in [7, 11) is 0. The first kappa shape index (κ1) is 48.2. The molecule has 0 aliphatic heterocycles. The molecule has 0 saturated heterocycles. The monoisotopic (exact) mass is 737 g/mol. The molecule has 1 atom stereocenters. The van der Waals surface area contributed by atoms with Gasteiger partial charge in [-0.3, -0.25) is 28.8 Å². The van der Waals surface area contributed by atoms with Gasteiger partial charge in [-0.1, -0.05) is 39.0 Å². The number of rotatable bonds is 34. The van der Waals surface area contributed by atoms with E-state index in [1.165, 1.54) is 0 Å². The van der Waals surface area contributed by atoms with Crippen LogP contribution in [0.3, 0.4) is 0 Å². The van der Waals surface area contributed by atoms with E-state index in [1.54, 1.807) is 13.8 Å². The topological polar surface area (TPSA) is 209 Å². The summed E-state index contributed by atoms with van der Waals surface area (Å²) < 4.78 is 0. The van der Waals surface area contributed by atoms with Crippen molar-refractivity contribution in [3.8, 4) is 0 Å². The molecule has 0 aliphatic carbocycles. The van der Waals surface area contributed by atoms with E-state index < -0.39 is 11.9 Å². The number of unbranched alkanes of at least 4 members (excludes halogenated alkanes) is 9. The lowest BCUT2D eigenvalue weighted by atomic mass is 10.1. The first-order valence-electron chi connectivity index (χ1n) is 19.6. The zero-order valence-electron chi connectivity index (χ0n) is 32.2. The maximum Gasteiger partial charge on any atom is 0.243 e. The van der Waals surface area contributed by atoms with Gasteiger partial charge in [-0.2, -0.15) is 0 Å². The second kappa shape index (κ2) is 33.0. The third kappa shape index (κ3) is 32.1. The quantitative estimate of drug-likeness (QED) is 0.0538. The lowest BCUT2D eigenvalue weighted by molar-refractivity contribution is -0.131. The summed E-state index contributed by atoms with van der Waals surface area (Å²) in [4.78, 5) is 96.2. The van der Waals surface area contributed by atoms with Crippen molar-refractivity contribution < 1.29 is 38.4 Å². The Kier molecular flexibility index (Phi) is 30.6. The first-order valence-corrected chi connectivity index (χ1v) is 19.6. The standard InChI is InChI=1S/C38H68N6O8/c1-4-5-20-33(47)39-25-16-8-12-21-34(48)40-26-17-9-13-22-36(50)44-32(23-24-35(49)41-27-14-6-10-18-30(2)45)38(52)43-29-37(51)42-28-15-7-11-19-31(3)46/h32H,4-29H2,1-3H3,(H,39,47)(H,40,48)(H,41,49)(H,42,51)(H,43,52)(H,44,50). The predicted molar refractivity (Wildman–Crippen MR) is 201 cm³/mol. The van der Waals surface area contributed by atoms with Gasteiger partial charge in [0.2, 0.25) is 35.4 Å². The van der Waals surface area contributed by atoms with Crippen molar-refractivity contribution in [3.63, 3.8) is 0 Å². The fourth-order valence-corrected chi connectivity index (χ4v) is 5.20. The molecule has 0 aromatic rings. The van der Waals surface area contributed by atoms with E-state index in [0.717, 1.165) is 64.2 Å². The van der Waals surface area contributed by atoms with E-state index in [2.05, 4.69) is 31.9 Å². The van der Waals surface area contributed by atoms with Crippen LogP contribution in [0.5, 0.6) is 0 Å². The molecular formula is C38H68N6O8. The van der Waals surface area contributed by atoms with Crippen molar-refractivity contribution in [1.29, 1.82) is 0 Å². The zero-order chi connectivity index (χ0) is 38.8. The average Bonchev–Trinajstić information content (AvgIpc) is 3.10. The number of ketones is 2. The smallest absolute Gasteiger partial charge is 0.243 e. The molecular weight excluding hydrogens is 668 g/mol.